The Morgan fingerprint density at radius 3 is 2.10 bits per heavy atom. The number of benzene rings is 1. The zero-order chi connectivity index (χ0) is 15.7. The summed E-state index contributed by atoms with van der Waals surface area (Å²) in [6.45, 7) is 5.06. The molecule has 114 valence electrons. The van der Waals surface area contributed by atoms with Gasteiger partial charge in [0, 0.05) is 11.1 Å². The molecule has 0 amide bonds. The van der Waals surface area contributed by atoms with Crippen molar-refractivity contribution in [3.8, 4) is 17.2 Å². The van der Waals surface area contributed by atoms with Crippen LogP contribution >= 0.6 is 0 Å². The van der Waals surface area contributed by atoms with Crippen LogP contribution in [0.15, 0.2) is 4.90 Å². The summed E-state index contributed by atoms with van der Waals surface area (Å²) in [5.41, 5.74) is 0.316. The van der Waals surface area contributed by atoms with E-state index in [1.807, 2.05) is 6.92 Å². The third-order valence-electron chi connectivity index (χ3n) is 3.37. The standard InChI is InChI=1S/C13H20O6S/c1-6-7(2)9-12(19-5)10(14)8(3)11(18-4)13(9)20(15,16)17/h7,14H,6H2,1-5H3,(H,15,16,17)/p-1. The molecule has 1 unspecified atom stereocenters. The molecule has 0 bridgehead atoms. The van der Waals surface area contributed by atoms with E-state index < -0.39 is 15.0 Å². The summed E-state index contributed by atoms with van der Waals surface area (Å²) < 4.78 is 45.0. The van der Waals surface area contributed by atoms with Gasteiger partial charge in [-0.3, -0.25) is 0 Å². The minimum Gasteiger partial charge on any atom is -0.744 e. The summed E-state index contributed by atoms with van der Waals surface area (Å²) in [6.07, 6.45) is 0.574. The summed E-state index contributed by atoms with van der Waals surface area (Å²) >= 11 is 0. The van der Waals surface area contributed by atoms with E-state index in [2.05, 4.69) is 0 Å². The lowest BCUT2D eigenvalue weighted by atomic mass is 9.95. The monoisotopic (exact) mass is 303 g/mol. The maximum atomic E-state index is 11.6. The van der Waals surface area contributed by atoms with Crippen molar-refractivity contribution in [3.05, 3.63) is 11.1 Å². The molecular weight excluding hydrogens is 284 g/mol. The van der Waals surface area contributed by atoms with Crippen LogP contribution in [-0.4, -0.2) is 32.3 Å². The fourth-order valence-corrected chi connectivity index (χ4v) is 3.18. The third-order valence-corrected chi connectivity index (χ3v) is 4.28. The fourth-order valence-electron chi connectivity index (χ4n) is 2.15. The average molecular weight is 303 g/mol. The number of hydrogen-bond donors (Lipinski definition) is 1. The van der Waals surface area contributed by atoms with Crippen LogP contribution < -0.4 is 9.47 Å². The minimum atomic E-state index is -4.77. The molecule has 0 saturated heterocycles. The average Bonchev–Trinajstić information content (AvgIpc) is 2.38. The summed E-state index contributed by atoms with van der Waals surface area (Å²) in [5.74, 6) is -0.628. The molecule has 0 spiro atoms. The Morgan fingerprint density at radius 1 is 1.25 bits per heavy atom. The van der Waals surface area contributed by atoms with Gasteiger partial charge in [-0.1, -0.05) is 13.8 Å². The molecule has 0 aromatic heterocycles. The Balaban J connectivity index is 3.99. The predicted octanol–water partition coefficient (Wildman–Crippen LogP) is 2.14. The maximum Gasteiger partial charge on any atom is 0.165 e. The SMILES string of the molecule is CCC(C)c1c(OC)c(O)c(C)c(OC)c1S(=O)(=O)[O-]. The van der Waals surface area contributed by atoms with Crippen LogP contribution in [0.25, 0.3) is 0 Å². The number of phenols is 1. The van der Waals surface area contributed by atoms with Crippen molar-refractivity contribution < 1.29 is 27.6 Å². The molecule has 7 heteroatoms. The van der Waals surface area contributed by atoms with Crippen molar-refractivity contribution in [2.24, 2.45) is 0 Å². The van der Waals surface area contributed by atoms with E-state index in [-0.39, 0.29) is 34.3 Å². The van der Waals surface area contributed by atoms with Gasteiger partial charge in [0.15, 0.2) is 11.5 Å². The van der Waals surface area contributed by atoms with Gasteiger partial charge in [-0.25, -0.2) is 8.42 Å². The molecule has 0 aliphatic rings. The molecular formula is C13H19O6S-. The first-order valence-corrected chi connectivity index (χ1v) is 7.54. The van der Waals surface area contributed by atoms with Gasteiger partial charge in [-0.05, 0) is 19.3 Å². The van der Waals surface area contributed by atoms with Gasteiger partial charge in [0.25, 0.3) is 0 Å². The van der Waals surface area contributed by atoms with Gasteiger partial charge < -0.3 is 19.1 Å². The zero-order valence-corrected chi connectivity index (χ0v) is 13.0. The molecule has 0 heterocycles. The third kappa shape index (κ3) is 2.69. The van der Waals surface area contributed by atoms with Gasteiger partial charge in [0.1, 0.15) is 20.8 Å². The Hall–Kier alpha value is -1.47. The molecule has 6 nitrogen and oxygen atoms in total. The van der Waals surface area contributed by atoms with E-state index in [4.69, 9.17) is 9.47 Å². The van der Waals surface area contributed by atoms with E-state index in [1.54, 1.807) is 6.92 Å². The van der Waals surface area contributed by atoms with Crippen LogP contribution in [0.4, 0.5) is 0 Å². The highest BCUT2D eigenvalue weighted by molar-refractivity contribution is 7.86. The molecule has 1 aromatic carbocycles. The molecule has 0 fully saturated rings. The van der Waals surface area contributed by atoms with Crippen LogP contribution in [-0.2, 0) is 10.1 Å². The molecule has 1 N–H and O–H groups in total. The van der Waals surface area contributed by atoms with E-state index in [0.29, 0.717) is 6.42 Å². The summed E-state index contributed by atoms with van der Waals surface area (Å²) in [7, 11) is -2.20. The van der Waals surface area contributed by atoms with Gasteiger partial charge in [0.05, 0.1) is 14.2 Å². The highest BCUT2D eigenvalue weighted by atomic mass is 32.2. The Bertz CT molecular complexity index is 606. The van der Waals surface area contributed by atoms with Crippen molar-refractivity contribution >= 4 is 10.1 Å². The Kier molecular flexibility index (Phi) is 4.88. The van der Waals surface area contributed by atoms with E-state index in [9.17, 15) is 18.1 Å². The number of hydrogen-bond acceptors (Lipinski definition) is 6. The second-order valence-corrected chi connectivity index (χ2v) is 5.86. The highest BCUT2D eigenvalue weighted by Crippen LogP contribution is 2.48. The van der Waals surface area contributed by atoms with Gasteiger partial charge >= 0.3 is 0 Å². The Labute approximate surface area is 119 Å². The maximum absolute atomic E-state index is 11.6. The zero-order valence-electron chi connectivity index (χ0n) is 12.2. The fraction of sp³-hybridized carbons (Fsp3) is 0.538. The van der Waals surface area contributed by atoms with Crippen molar-refractivity contribution in [1.82, 2.24) is 0 Å². The topological polar surface area (TPSA) is 95.9 Å². The van der Waals surface area contributed by atoms with Crippen LogP contribution in [0.1, 0.15) is 37.3 Å². The molecule has 0 saturated carbocycles. The van der Waals surface area contributed by atoms with Crippen molar-refractivity contribution in [1.29, 1.82) is 0 Å². The molecule has 0 aliphatic carbocycles. The lowest BCUT2D eigenvalue weighted by molar-refractivity contribution is 0.345. The van der Waals surface area contributed by atoms with Crippen molar-refractivity contribution in [2.45, 2.75) is 38.0 Å². The van der Waals surface area contributed by atoms with E-state index >= 15 is 0 Å². The smallest absolute Gasteiger partial charge is 0.165 e. The molecule has 1 aromatic rings. The van der Waals surface area contributed by atoms with Crippen LogP contribution in [0, 0.1) is 6.92 Å². The lowest BCUT2D eigenvalue weighted by Gasteiger charge is -2.25. The van der Waals surface area contributed by atoms with Gasteiger partial charge in [-0.2, -0.15) is 0 Å². The predicted molar refractivity (Wildman–Crippen MR) is 72.6 cm³/mol. The number of phenolic OH excluding ortho intramolecular Hbond substituents is 1. The van der Waals surface area contributed by atoms with E-state index in [1.165, 1.54) is 21.1 Å². The van der Waals surface area contributed by atoms with E-state index in [0.717, 1.165) is 0 Å². The lowest BCUT2D eigenvalue weighted by Crippen LogP contribution is -2.11. The normalized spacial score (nSPS) is 13.1. The second-order valence-electron chi connectivity index (χ2n) is 4.55. The number of rotatable bonds is 5. The number of methoxy groups -OCH3 is 2. The molecule has 20 heavy (non-hydrogen) atoms. The van der Waals surface area contributed by atoms with Gasteiger partial charge in [0.2, 0.25) is 0 Å². The Morgan fingerprint density at radius 2 is 1.75 bits per heavy atom. The summed E-state index contributed by atoms with van der Waals surface area (Å²) in [4.78, 5) is -0.457. The largest absolute Gasteiger partial charge is 0.744 e. The summed E-state index contributed by atoms with van der Waals surface area (Å²) in [6, 6.07) is 0. The number of aromatic hydroxyl groups is 1. The molecule has 1 rings (SSSR count). The molecule has 0 radical (unpaired) electrons. The second kappa shape index (κ2) is 5.88. The highest BCUT2D eigenvalue weighted by Gasteiger charge is 2.29. The van der Waals surface area contributed by atoms with Crippen molar-refractivity contribution in [2.75, 3.05) is 14.2 Å². The minimum absolute atomic E-state index is 0.00655. The first kappa shape index (κ1) is 16.6. The molecule has 1 atom stereocenters. The quantitative estimate of drug-likeness (QED) is 0.837. The number of ether oxygens (including phenoxy) is 2. The van der Waals surface area contributed by atoms with Crippen LogP contribution in [0.3, 0.4) is 0 Å². The first-order valence-electron chi connectivity index (χ1n) is 6.13. The van der Waals surface area contributed by atoms with Crippen LogP contribution in [0.5, 0.6) is 17.2 Å². The van der Waals surface area contributed by atoms with Crippen LogP contribution in [0.2, 0.25) is 0 Å². The summed E-state index contributed by atoms with van der Waals surface area (Å²) in [5, 5.41) is 10.1. The molecule has 0 aliphatic heterocycles. The van der Waals surface area contributed by atoms with Gasteiger partial charge in [-0.15, -0.1) is 0 Å². The van der Waals surface area contributed by atoms with Crippen molar-refractivity contribution in [3.63, 3.8) is 0 Å². The first-order chi connectivity index (χ1) is 9.20.